The molecule has 0 saturated heterocycles. The van der Waals surface area contributed by atoms with Gasteiger partial charge in [-0.25, -0.2) is 9.83 Å². The van der Waals surface area contributed by atoms with Crippen LogP contribution in [0.2, 0.25) is 0 Å². The average Bonchev–Trinajstić information content (AvgIpc) is 3.88. The highest BCUT2D eigenvalue weighted by atomic mass is 32.1. The van der Waals surface area contributed by atoms with Gasteiger partial charge in [0.1, 0.15) is 0 Å². The fourth-order valence-electron chi connectivity index (χ4n) is 8.22. The van der Waals surface area contributed by atoms with Crippen LogP contribution in [0.5, 0.6) is 0 Å². The maximum Gasteiger partial charge on any atom is 0.238 e. The Labute approximate surface area is 320 Å². The molecule has 0 aliphatic rings. The second-order valence-corrected chi connectivity index (χ2v) is 15.2. The van der Waals surface area contributed by atoms with Gasteiger partial charge in [0, 0.05) is 48.1 Å². The van der Waals surface area contributed by atoms with Gasteiger partial charge in [0.2, 0.25) is 5.95 Å². The first-order valence-electron chi connectivity index (χ1n) is 18.2. The first-order valence-corrected chi connectivity index (χ1v) is 19.0. The van der Waals surface area contributed by atoms with E-state index in [2.05, 4.69) is 131 Å². The largest absolute Gasteiger partial charge is 0.307 e. The van der Waals surface area contributed by atoms with Crippen LogP contribution >= 0.6 is 11.3 Å². The minimum atomic E-state index is 0.494. The molecule has 0 bridgehead atoms. The van der Waals surface area contributed by atoms with E-state index in [0.717, 1.165) is 55.0 Å². The molecule has 0 spiro atoms. The molecule has 11 aromatic rings. The molecule has 6 nitrogen and oxygen atoms in total. The smallest absolute Gasteiger partial charge is 0.238 e. The molecule has 0 radical (unpaired) electrons. The number of nitrogens with zero attached hydrogens (tertiary/aromatic N) is 6. The van der Waals surface area contributed by atoms with Crippen molar-refractivity contribution in [3.05, 3.63) is 168 Å². The Kier molecular flexibility index (Phi) is 6.81. The number of fused-ring (bicyclic) bond motifs is 10. The van der Waals surface area contributed by atoms with Crippen LogP contribution in [0.25, 0.3) is 103 Å². The van der Waals surface area contributed by atoms with Crippen molar-refractivity contribution in [2.24, 2.45) is 0 Å². The van der Waals surface area contributed by atoms with Crippen molar-refractivity contribution in [1.82, 2.24) is 24.1 Å². The molecular weight excluding hydrogens is 693 g/mol. The van der Waals surface area contributed by atoms with Crippen molar-refractivity contribution < 1.29 is 0 Å². The van der Waals surface area contributed by atoms with E-state index in [1.807, 2.05) is 53.8 Å². The van der Waals surface area contributed by atoms with Gasteiger partial charge in [0.05, 0.1) is 39.0 Å². The first-order chi connectivity index (χ1) is 27.0. The van der Waals surface area contributed by atoms with Crippen LogP contribution in [0.1, 0.15) is 11.1 Å². The third-order valence-electron chi connectivity index (χ3n) is 10.7. The molecule has 0 saturated carbocycles. The van der Waals surface area contributed by atoms with Gasteiger partial charge in [-0.2, -0.15) is 9.97 Å². The lowest BCUT2D eigenvalue weighted by Crippen LogP contribution is -2.08. The molecule has 0 amide bonds. The van der Waals surface area contributed by atoms with Gasteiger partial charge >= 0.3 is 0 Å². The van der Waals surface area contributed by atoms with Crippen LogP contribution < -0.4 is 0 Å². The lowest BCUT2D eigenvalue weighted by atomic mass is 10.1. The van der Waals surface area contributed by atoms with Crippen molar-refractivity contribution in [2.75, 3.05) is 0 Å². The maximum absolute atomic E-state index is 8.09. The van der Waals surface area contributed by atoms with Gasteiger partial charge < -0.3 is 4.57 Å². The number of benzene rings is 7. The van der Waals surface area contributed by atoms with Crippen LogP contribution in [-0.2, 0) is 0 Å². The molecule has 0 aliphatic carbocycles. The molecule has 0 fully saturated rings. The molecule has 0 N–H and O–H groups in total. The predicted octanol–water partition coefficient (Wildman–Crippen LogP) is 12.9. The molecular formula is C48H30N6S. The lowest BCUT2D eigenvalue weighted by Gasteiger charge is -2.16. The summed E-state index contributed by atoms with van der Waals surface area (Å²) in [5, 5.41) is 7.10. The molecule has 7 heteroatoms. The summed E-state index contributed by atoms with van der Waals surface area (Å²) in [6.45, 7) is 12.3. The van der Waals surface area contributed by atoms with Gasteiger partial charge in [0.25, 0.3) is 0 Å². The topological polar surface area (TPSA) is 52.9 Å². The first kappa shape index (κ1) is 31.4. The van der Waals surface area contributed by atoms with Gasteiger partial charge in [0.15, 0.2) is 17.3 Å². The number of rotatable bonds is 4. The van der Waals surface area contributed by atoms with Crippen LogP contribution in [0, 0.1) is 20.4 Å². The van der Waals surface area contributed by atoms with E-state index in [4.69, 9.17) is 21.5 Å². The summed E-state index contributed by atoms with van der Waals surface area (Å²) in [4.78, 5) is 19.7. The van der Waals surface area contributed by atoms with Gasteiger partial charge in [-0.3, -0.25) is 4.57 Å². The summed E-state index contributed by atoms with van der Waals surface area (Å²) in [5.41, 5.74) is 9.66. The zero-order valence-corrected chi connectivity index (χ0v) is 30.8. The van der Waals surface area contributed by atoms with Crippen molar-refractivity contribution in [3.63, 3.8) is 0 Å². The molecule has 0 aliphatic heterocycles. The molecule has 0 atom stereocenters. The minimum Gasteiger partial charge on any atom is -0.307 e. The second-order valence-electron chi connectivity index (χ2n) is 14.1. The van der Waals surface area contributed by atoms with Crippen molar-refractivity contribution in [1.29, 1.82) is 0 Å². The van der Waals surface area contributed by atoms with Crippen molar-refractivity contribution >= 4 is 80.8 Å². The highest BCUT2D eigenvalue weighted by Gasteiger charge is 2.23. The van der Waals surface area contributed by atoms with Crippen LogP contribution in [0.4, 0.5) is 5.69 Å². The van der Waals surface area contributed by atoms with Crippen molar-refractivity contribution in [2.45, 2.75) is 13.8 Å². The van der Waals surface area contributed by atoms with E-state index in [9.17, 15) is 0 Å². The zero-order valence-electron chi connectivity index (χ0n) is 29.9. The molecule has 4 aromatic heterocycles. The minimum absolute atomic E-state index is 0.494. The summed E-state index contributed by atoms with van der Waals surface area (Å²) in [6, 6.07) is 50.7. The number of aryl methyl sites for hydroxylation is 2. The van der Waals surface area contributed by atoms with E-state index in [-0.39, 0.29) is 0 Å². The normalized spacial score (nSPS) is 11.8. The maximum atomic E-state index is 8.09. The summed E-state index contributed by atoms with van der Waals surface area (Å²) in [7, 11) is 0. The Morgan fingerprint density at radius 2 is 1.18 bits per heavy atom. The lowest BCUT2D eigenvalue weighted by molar-refractivity contribution is 0.951. The molecule has 258 valence electrons. The Hall–Kier alpha value is -7.14. The molecule has 0 unspecified atom stereocenters. The van der Waals surface area contributed by atoms with E-state index in [1.54, 1.807) is 0 Å². The van der Waals surface area contributed by atoms with E-state index in [0.29, 0.717) is 23.3 Å². The Morgan fingerprint density at radius 1 is 0.527 bits per heavy atom. The van der Waals surface area contributed by atoms with Crippen LogP contribution in [0.3, 0.4) is 0 Å². The Balaban J connectivity index is 1.26. The molecule has 55 heavy (non-hydrogen) atoms. The van der Waals surface area contributed by atoms with Crippen LogP contribution in [-0.4, -0.2) is 24.1 Å². The highest BCUT2D eigenvalue weighted by molar-refractivity contribution is 7.26. The predicted molar refractivity (Wildman–Crippen MR) is 228 cm³/mol. The van der Waals surface area contributed by atoms with Crippen LogP contribution in [0.15, 0.2) is 146 Å². The highest BCUT2D eigenvalue weighted by Crippen LogP contribution is 2.44. The summed E-state index contributed by atoms with van der Waals surface area (Å²) in [5.74, 6) is 1.57. The molecule has 4 heterocycles. The Morgan fingerprint density at radius 3 is 1.95 bits per heavy atom. The fraction of sp³-hybridized carbons (Fsp3) is 0.0417. The number of hydrogen-bond donors (Lipinski definition) is 0. The van der Waals surface area contributed by atoms with E-state index in [1.165, 1.54) is 36.7 Å². The van der Waals surface area contributed by atoms with E-state index >= 15 is 0 Å². The third kappa shape index (κ3) is 4.75. The number of aromatic nitrogens is 5. The fourth-order valence-corrected chi connectivity index (χ4v) is 9.46. The SMILES string of the molecule is [C-]#[N+]c1ccc(-n2c3ccccc3c3ccc4c5ccccc5sc4c32)c(-c2nc(-c3ccccc3)nc(-n3c4ccc(C)cc4c4cc(C)ccc43)n2)c1. The van der Waals surface area contributed by atoms with Gasteiger partial charge in [-0.15, -0.1) is 11.3 Å². The van der Waals surface area contributed by atoms with Gasteiger partial charge in [-0.1, -0.05) is 108 Å². The summed E-state index contributed by atoms with van der Waals surface area (Å²) in [6.07, 6.45) is 0. The standard InChI is InChI=1S/C48H30N6S/c1-28-17-22-40-36(25-28)37-26-29(2)18-23-41(37)54(40)48-51-46(30-11-5-4-6-12-30)50-47(52-48)38-27-31(49-3)19-24-42(38)53-39-15-9-7-13-32(39)34-20-21-35-33-14-8-10-16-43(33)55-45(35)44(34)53/h4-27H,1-2H3. The second kappa shape index (κ2) is 11.9. The molecule has 11 rings (SSSR count). The van der Waals surface area contributed by atoms with E-state index < -0.39 is 0 Å². The Bertz CT molecular complexity index is 3360. The molecule has 7 aromatic carbocycles. The monoisotopic (exact) mass is 722 g/mol. The summed E-state index contributed by atoms with van der Waals surface area (Å²) >= 11 is 1.82. The van der Waals surface area contributed by atoms with Gasteiger partial charge in [-0.05, 0) is 62.4 Å². The third-order valence-corrected chi connectivity index (χ3v) is 11.9. The number of thiophene rings is 1. The number of hydrogen-bond acceptors (Lipinski definition) is 4. The number of para-hydroxylation sites is 1. The van der Waals surface area contributed by atoms with Crippen molar-refractivity contribution in [3.8, 4) is 34.4 Å². The quantitative estimate of drug-likeness (QED) is 0.170. The zero-order chi connectivity index (χ0) is 36.8. The summed E-state index contributed by atoms with van der Waals surface area (Å²) < 4.78 is 6.97. The average molecular weight is 723 g/mol.